The number of hydrogen-bond donors (Lipinski definition) is 2. The lowest BCUT2D eigenvalue weighted by molar-refractivity contribution is 0.0879. The number of carbonyl (C=O) groups is 2. The van der Waals surface area contributed by atoms with Crippen molar-refractivity contribution in [3.63, 3.8) is 0 Å². The monoisotopic (exact) mass is 271 g/mol. The lowest BCUT2D eigenvalue weighted by atomic mass is 10.0. The topological polar surface area (TPSA) is 61.4 Å². The van der Waals surface area contributed by atoms with E-state index < -0.39 is 0 Å². The molecule has 2 N–H and O–H groups in total. The number of rotatable bonds is 3. The molecule has 1 aromatic carbocycles. The van der Waals surface area contributed by atoms with E-state index in [1.54, 1.807) is 6.07 Å². The number of allylic oxidation sites excluding steroid dienone is 1. The Morgan fingerprint density at radius 1 is 1.15 bits per heavy atom. The van der Waals surface area contributed by atoms with Gasteiger partial charge in [-0.15, -0.1) is 0 Å². The van der Waals surface area contributed by atoms with Crippen LogP contribution in [-0.2, 0) is 6.42 Å². The Morgan fingerprint density at radius 3 is 2.75 bits per heavy atom. The fourth-order valence-electron chi connectivity index (χ4n) is 2.62. The van der Waals surface area contributed by atoms with Gasteiger partial charge in [-0.2, -0.15) is 0 Å². The van der Waals surface area contributed by atoms with E-state index in [0.717, 1.165) is 31.7 Å². The first-order valence-electron chi connectivity index (χ1n) is 6.85. The van der Waals surface area contributed by atoms with Crippen LogP contribution in [0.15, 0.2) is 30.5 Å². The molecule has 0 atom stereocenters. The smallest absolute Gasteiger partial charge is 0.259 e. The predicted molar refractivity (Wildman–Crippen MR) is 75.5 cm³/mol. The van der Waals surface area contributed by atoms with Gasteiger partial charge >= 0.3 is 0 Å². The minimum atomic E-state index is -0.294. The average Bonchev–Trinajstić information content (AvgIpc) is 2.76. The zero-order valence-electron chi connectivity index (χ0n) is 11.2. The minimum absolute atomic E-state index is 0.281. The van der Waals surface area contributed by atoms with Crippen molar-refractivity contribution in [2.24, 2.45) is 0 Å². The fourth-order valence-corrected chi connectivity index (χ4v) is 2.62. The summed E-state index contributed by atoms with van der Waals surface area (Å²) < 4.78 is 0. The molecular formula is C15H17N3O2. The molecule has 3 rings (SSSR count). The highest BCUT2D eigenvalue weighted by molar-refractivity contribution is 6.22. The Morgan fingerprint density at radius 2 is 1.95 bits per heavy atom. The summed E-state index contributed by atoms with van der Waals surface area (Å²) in [6.45, 7) is 4.01. The summed E-state index contributed by atoms with van der Waals surface area (Å²) in [5.74, 6) is -0.575. The fraction of sp³-hybridized carbons (Fsp3) is 0.333. The van der Waals surface area contributed by atoms with Crippen LogP contribution in [0, 0.1) is 0 Å². The van der Waals surface area contributed by atoms with Gasteiger partial charge in [0.2, 0.25) is 0 Å². The van der Waals surface area contributed by atoms with E-state index >= 15 is 0 Å². The third-order valence-corrected chi connectivity index (χ3v) is 3.66. The minimum Gasteiger partial charge on any atom is -0.375 e. The van der Waals surface area contributed by atoms with Gasteiger partial charge in [-0.3, -0.25) is 14.9 Å². The second kappa shape index (κ2) is 5.46. The molecule has 1 aromatic rings. The molecule has 2 aliphatic rings. The molecule has 1 saturated heterocycles. The van der Waals surface area contributed by atoms with Crippen molar-refractivity contribution in [1.29, 1.82) is 0 Å². The molecule has 2 aliphatic heterocycles. The molecule has 104 valence electrons. The molecular weight excluding hydrogens is 254 g/mol. The summed E-state index contributed by atoms with van der Waals surface area (Å²) in [6, 6.07) is 5.42. The van der Waals surface area contributed by atoms with Crippen molar-refractivity contribution in [1.82, 2.24) is 15.5 Å². The van der Waals surface area contributed by atoms with E-state index in [2.05, 4.69) is 27.8 Å². The zero-order chi connectivity index (χ0) is 13.9. The lowest BCUT2D eigenvalue weighted by Crippen LogP contribution is -2.40. The van der Waals surface area contributed by atoms with Gasteiger partial charge in [0.05, 0.1) is 11.1 Å². The van der Waals surface area contributed by atoms with E-state index in [4.69, 9.17) is 0 Å². The van der Waals surface area contributed by atoms with Crippen molar-refractivity contribution in [3.05, 3.63) is 47.2 Å². The van der Waals surface area contributed by atoms with Crippen LogP contribution in [0.4, 0.5) is 0 Å². The molecule has 1 fully saturated rings. The van der Waals surface area contributed by atoms with Gasteiger partial charge in [0.1, 0.15) is 0 Å². The maximum Gasteiger partial charge on any atom is 0.259 e. The van der Waals surface area contributed by atoms with E-state index in [0.29, 0.717) is 17.5 Å². The molecule has 0 aliphatic carbocycles. The number of fused-ring (bicyclic) bond motifs is 1. The SMILES string of the molecule is O=C1NC(=O)c2c(CC=CN3CCNCC3)cccc21. The summed E-state index contributed by atoms with van der Waals surface area (Å²) in [4.78, 5) is 25.6. The van der Waals surface area contributed by atoms with Gasteiger partial charge in [-0.05, 0) is 24.3 Å². The predicted octanol–water partition coefficient (Wildman–Crippen LogP) is 0.532. The molecule has 0 radical (unpaired) electrons. The number of imide groups is 1. The van der Waals surface area contributed by atoms with E-state index in [-0.39, 0.29) is 11.8 Å². The molecule has 0 aromatic heterocycles. The van der Waals surface area contributed by atoms with E-state index in [1.165, 1.54) is 0 Å². The van der Waals surface area contributed by atoms with E-state index in [9.17, 15) is 9.59 Å². The molecule has 0 bridgehead atoms. The van der Waals surface area contributed by atoms with Gasteiger partial charge in [-0.25, -0.2) is 0 Å². The van der Waals surface area contributed by atoms with Crippen LogP contribution in [0.3, 0.4) is 0 Å². The van der Waals surface area contributed by atoms with Crippen molar-refractivity contribution in [3.8, 4) is 0 Å². The third kappa shape index (κ3) is 2.44. The summed E-state index contributed by atoms with van der Waals surface area (Å²) in [5.41, 5.74) is 1.92. The second-order valence-corrected chi connectivity index (χ2v) is 5.00. The molecule has 5 heteroatoms. The number of benzene rings is 1. The molecule has 2 amide bonds. The molecule has 0 saturated carbocycles. The number of piperazine rings is 1. The van der Waals surface area contributed by atoms with Crippen LogP contribution in [0.2, 0.25) is 0 Å². The highest BCUT2D eigenvalue weighted by Gasteiger charge is 2.28. The number of carbonyl (C=O) groups excluding carboxylic acids is 2. The van der Waals surface area contributed by atoms with E-state index in [1.807, 2.05) is 12.1 Å². The number of amides is 2. The van der Waals surface area contributed by atoms with Crippen LogP contribution in [0.25, 0.3) is 0 Å². The Kier molecular flexibility index (Phi) is 3.52. The van der Waals surface area contributed by atoms with Gasteiger partial charge in [0.25, 0.3) is 11.8 Å². The second-order valence-electron chi connectivity index (χ2n) is 5.00. The summed E-state index contributed by atoms with van der Waals surface area (Å²) in [6.07, 6.45) is 4.79. The summed E-state index contributed by atoms with van der Waals surface area (Å²) in [7, 11) is 0. The van der Waals surface area contributed by atoms with Crippen molar-refractivity contribution < 1.29 is 9.59 Å². The summed E-state index contributed by atoms with van der Waals surface area (Å²) in [5, 5.41) is 5.64. The zero-order valence-corrected chi connectivity index (χ0v) is 11.2. The van der Waals surface area contributed by atoms with Crippen molar-refractivity contribution >= 4 is 11.8 Å². The molecule has 0 spiro atoms. The van der Waals surface area contributed by atoms with Gasteiger partial charge in [0.15, 0.2) is 0 Å². The molecule has 0 unspecified atom stereocenters. The Hall–Kier alpha value is -2.14. The Bertz CT molecular complexity index is 574. The van der Waals surface area contributed by atoms with Crippen LogP contribution >= 0.6 is 0 Å². The van der Waals surface area contributed by atoms with Crippen LogP contribution in [0.5, 0.6) is 0 Å². The molecule has 5 nitrogen and oxygen atoms in total. The normalized spacial score (nSPS) is 18.5. The third-order valence-electron chi connectivity index (χ3n) is 3.66. The van der Waals surface area contributed by atoms with Crippen LogP contribution in [-0.4, -0.2) is 42.9 Å². The molecule has 20 heavy (non-hydrogen) atoms. The maximum atomic E-state index is 11.8. The quantitative estimate of drug-likeness (QED) is 0.787. The average molecular weight is 271 g/mol. The first kappa shape index (κ1) is 12.9. The Balaban J connectivity index is 1.74. The first-order chi connectivity index (χ1) is 9.75. The number of hydrogen-bond acceptors (Lipinski definition) is 4. The lowest BCUT2D eigenvalue weighted by Gasteiger charge is -2.25. The van der Waals surface area contributed by atoms with Gasteiger partial charge in [-0.1, -0.05) is 18.2 Å². The van der Waals surface area contributed by atoms with Crippen molar-refractivity contribution in [2.75, 3.05) is 26.2 Å². The first-order valence-corrected chi connectivity index (χ1v) is 6.85. The van der Waals surface area contributed by atoms with Crippen LogP contribution < -0.4 is 10.6 Å². The number of nitrogens with zero attached hydrogens (tertiary/aromatic N) is 1. The van der Waals surface area contributed by atoms with Gasteiger partial charge < -0.3 is 10.2 Å². The maximum absolute atomic E-state index is 11.8. The van der Waals surface area contributed by atoms with Crippen LogP contribution in [0.1, 0.15) is 26.3 Å². The standard InChI is InChI=1S/C15H17N3O2/c19-14-12-5-1-3-11(13(12)15(20)17-14)4-2-8-18-9-6-16-7-10-18/h1-3,5,8,16H,4,6-7,9-10H2,(H,17,19,20). The largest absolute Gasteiger partial charge is 0.375 e. The Labute approximate surface area is 117 Å². The molecule has 2 heterocycles. The number of nitrogens with one attached hydrogen (secondary N) is 2. The van der Waals surface area contributed by atoms with Gasteiger partial charge in [0, 0.05) is 26.2 Å². The highest BCUT2D eigenvalue weighted by atomic mass is 16.2. The van der Waals surface area contributed by atoms with Crippen molar-refractivity contribution in [2.45, 2.75) is 6.42 Å². The highest BCUT2D eigenvalue weighted by Crippen LogP contribution is 2.20. The summed E-state index contributed by atoms with van der Waals surface area (Å²) >= 11 is 0.